The van der Waals surface area contributed by atoms with Gasteiger partial charge in [-0.25, -0.2) is 4.98 Å². The van der Waals surface area contributed by atoms with E-state index in [-0.39, 0.29) is 11.9 Å². The van der Waals surface area contributed by atoms with E-state index >= 15 is 0 Å². The first-order valence-corrected chi connectivity index (χ1v) is 10.4. The molecule has 1 N–H and O–H groups in total. The van der Waals surface area contributed by atoms with E-state index in [1.165, 1.54) is 5.56 Å². The second kappa shape index (κ2) is 7.98. The molecule has 0 aliphatic rings. The average Bonchev–Trinajstić information content (AvgIpc) is 3.19. The number of nitrogens with one attached hydrogen (secondary N) is 1. The predicted octanol–water partition coefficient (Wildman–Crippen LogP) is 3.66. The molecule has 1 amide bonds. The highest BCUT2D eigenvalue weighted by Gasteiger charge is 2.19. The van der Waals surface area contributed by atoms with Gasteiger partial charge in [0.1, 0.15) is 0 Å². The first-order valence-electron chi connectivity index (χ1n) is 10.4. The van der Waals surface area contributed by atoms with Gasteiger partial charge in [-0.1, -0.05) is 18.2 Å². The summed E-state index contributed by atoms with van der Waals surface area (Å²) in [6.45, 7) is 8.05. The molecule has 7 heteroatoms. The van der Waals surface area contributed by atoms with Crippen molar-refractivity contribution in [1.82, 2.24) is 29.9 Å². The Morgan fingerprint density at radius 3 is 2.48 bits per heavy atom. The van der Waals surface area contributed by atoms with E-state index in [0.717, 1.165) is 45.7 Å². The van der Waals surface area contributed by atoms with Crippen LogP contribution in [0.5, 0.6) is 0 Å². The van der Waals surface area contributed by atoms with Crippen LogP contribution in [0.4, 0.5) is 0 Å². The molecule has 3 aromatic heterocycles. The van der Waals surface area contributed by atoms with E-state index in [9.17, 15) is 4.79 Å². The van der Waals surface area contributed by atoms with Crippen molar-refractivity contribution in [3.05, 3.63) is 64.7 Å². The van der Waals surface area contributed by atoms with Crippen molar-refractivity contribution in [3.63, 3.8) is 0 Å². The van der Waals surface area contributed by atoms with Gasteiger partial charge in [-0.05, 0) is 51.8 Å². The van der Waals surface area contributed by atoms with Crippen LogP contribution in [0.2, 0.25) is 0 Å². The summed E-state index contributed by atoms with van der Waals surface area (Å²) in [6, 6.07) is 9.58. The highest BCUT2D eigenvalue weighted by Crippen LogP contribution is 2.26. The summed E-state index contributed by atoms with van der Waals surface area (Å²) < 4.78 is 3.65. The minimum Gasteiger partial charge on any atom is -0.349 e. The molecule has 4 rings (SSSR count). The Hall–Kier alpha value is -3.48. The lowest BCUT2D eigenvalue weighted by Crippen LogP contribution is -2.34. The fraction of sp³-hybridized carbons (Fsp3) is 0.333. The van der Waals surface area contributed by atoms with Crippen LogP contribution in [0.15, 0.2) is 36.5 Å². The van der Waals surface area contributed by atoms with Crippen LogP contribution < -0.4 is 5.32 Å². The van der Waals surface area contributed by atoms with Crippen LogP contribution >= 0.6 is 0 Å². The van der Waals surface area contributed by atoms with E-state index in [2.05, 4.69) is 22.4 Å². The van der Waals surface area contributed by atoms with Gasteiger partial charge in [-0.15, -0.1) is 0 Å². The fourth-order valence-electron chi connectivity index (χ4n) is 4.12. The van der Waals surface area contributed by atoms with Gasteiger partial charge in [-0.2, -0.15) is 10.2 Å². The monoisotopic (exact) mass is 416 g/mol. The molecule has 0 spiro atoms. The van der Waals surface area contributed by atoms with Crippen molar-refractivity contribution in [2.24, 2.45) is 14.1 Å². The molecule has 0 aliphatic carbocycles. The van der Waals surface area contributed by atoms with E-state index in [1.807, 2.05) is 76.1 Å². The topological polar surface area (TPSA) is 77.6 Å². The maximum atomic E-state index is 13.3. The number of fused-ring (bicyclic) bond motifs is 1. The molecule has 0 saturated heterocycles. The number of nitrogens with zero attached hydrogens (tertiary/aromatic N) is 5. The van der Waals surface area contributed by atoms with E-state index < -0.39 is 0 Å². The third kappa shape index (κ3) is 3.95. The zero-order valence-electron chi connectivity index (χ0n) is 18.9. The molecule has 1 atom stereocenters. The van der Waals surface area contributed by atoms with E-state index in [0.29, 0.717) is 5.56 Å². The molecular weight excluding hydrogens is 388 g/mol. The summed E-state index contributed by atoms with van der Waals surface area (Å²) in [7, 11) is 3.83. The SMILES string of the molecule is Cc1nn(C)cc1-c1cc(C(=O)N[C@H](C)Cc2c(C)nn(C)c2C)c2ccccc2n1. The number of amides is 1. The predicted molar refractivity (Wildman–Crippen MR) is 122 cm³/mol. The van der Waals surface area contributed by atoms with Crippen LogP contribution in [0.25, 0.3) is 22.2 Å². The number of carbonyl (C=O) groups is 1. The lowest BCUT2D eigenvalue weighted by atomic mass is 10.0. The summed E-state index contributed by atoms with van der Waals surface area (Å²) in [5.74, 6) is -0.104. The number of aromatic nitrogens is 5. The number of benzene rings is 1. The Morgan fingerprint density at radius 2 is 1.84 bits per heavy atom. The first-order chi connectivity index (χ1) is 14.7. The summed E-state index contributed by atoms with van der Waals surface area (Å²) in [5, 5.41) is 12.9. The average molecular weight is 417 g/mol. The number of hydrogen-bond donors (Lipinski definition) is 1. The molecule has 0 radical (unpaired) electrons. The molecule has 1 aromatic carbocycles. The van der Waals surface area contributed by atoms with Gasteiger partial charge >= 0.3 is 0 Å². The lowest BCUT2D eigenvalue weighted by Gasteiger charge is -2.16. The van der Waals surface area contributed by atoms with Gasteiger partial charge in [-0.3, -0.25) is 14.2 Å². The highest BCUT2D eigenvalue weighted by atomic mass is 16.1. The molecule has 31 heavy (non-hydrogen) atoms. The minimum atomic E-state index is -0.104. The first kappa shape index (κ1) is 20.8. The van der Waals surface area contributed by atoms with Crippen molar-refractivity contribution in [2.45, 2.75) is 40.2 Å². The Bertz CT molecular complexity index is 1280. The second-order valence-corrected chi connectivity index (χ2v) is 8.23. The van der Waals surface area contributed by atoms with Gasteiger partial charge in [0.05, 0.1) is 28.2 Å². The van der Waals surface area contributed by atoms with Crippen molar-refractivity contribution < 1.29 is 4.79 Å². The molecular formula is C24H28N6O. The number of para-hydroxylation sites is 1. The fourth-order valence-corrected chi connectivity index (χ4v) is 4.12. The van der Waals surface area contributed by atoms with Gasteiger partial charge in [0.25, 0.3) is 5.91 Å². The number of pyridine rings is 1. The molecule has 0 unspecified atom stereocenters. The molecule has 160 valence electrons. The maximum Gasteiger partial charge on any atom is 0.252 e. The zero-order valence-corrected chi connectivity index (χ0v) is 18.9. The lowest BCUT2D eigenvalue weighted by molar-refractivity contribution is 0.0941. The van der Waals surface area contributed by atoms with E-state index in [1.54, 1.807) is 4.68 Å². The van der Waals surface area contributed by atoms with Crippen molar-refractivity contribution >= 4 is 16.8 Å². The van der Waals surface area contributed by atoms with Crippen LogP contribution in [-0.4, -0.2) is 36.5 Å². The van der Waals surface area contributed by atoms with Crippen LogP contribution in [0.1, 0.15) is 39.9 Å². The van der Waals surface area contributed by atoms with E-state index in [4.69, 9.17) is 4.98 Å². The van der Waals surface area contributed by atoms with Crippen molar-refractivity contribution in [1.29, 1.82) is 0 Å². The Labute approximate surface area is 182 Å². The Morgan fingerprint density at radius 1 is 1.10 bits per heavy atom. The quantitative estimate of drug-likeness (QED) is 0.539. The number of hydrogen-bond acceptors (Lipinski definition) is 4. The molecule has 0 bridgehead atoms. The molecule has 4 aromatic rings. The molecule has 0 saturated carbocycles. The number of aryl methyl sites for hydroxylation is 4. The van der Waals surface area contributed by atoms with Gasteiger partial charge in [0.15, 0.2) is 0 Å². The van der Waals surface area contributed by atoms with Gasteiger partial charge in [0.2, 0.25) is 0 Å². The maximum absolute atomic E-state index is 13.3. The number of rotatable bonds is 5. The van der Waals surface area contributed by atoms with Gasteiger partial charge in [0, 0.05) is 43.0 Å². The number of carbonyl (C=O) groups excluding carboxylic acids is 1. The van der Waals surface area contributed by atoms with Gasteiger partial charge < -0.3 is 5.32 Å². The minimum absolute atomic E-state index is 0.0374. The third-order valence-electron chi connectivity index (χ3n) is 5.80. The summed E-state index contributed by atoms with van der Waals surface area (Å²) >= 11 is 0. The largest absolute Gasteiger partial charge is 0.349 e. The van der Waals surface area contributed by atoms with Crippen molar-refractivity contribution in [3.8, 4) is 11.3 Å². The highest BCUT2D eigenvalue weighted by molar-refractivity contribution is 6.07. The molecule has 3 heterocycles. The Balaban J connectivity index is 1.67. The molecule has 7 nitrogen and oxygen atoms in total. The van der Waals surface area contributed by atoms with Crippen molar-refractivity contribution in [2.75, 3.05) is 0 Å². The normalized spacial score (nSPS) is 12.3. The summed E-state index contributed by atoms with van der Waals surface area (Å²) in [5.41, 5.74) is 7.29. The molecule has 0 aliphatic heterocycles. The second-order valence-electron chi connectivity index (χ2n) is 8.23. The zero-order chi connectivity index (χ0) is 22.3. The third-order valence-corrected chi connectivity index (χ3v) is 5.80. The van der Waals surface area contributed by atoms with Crippen LogP contribution in [0, 0.1) is 20.8 Å². The standard InChI is InChI=1S/C24H28N6O/c1-14(11-19-15(2)28-30(6)17(19)4)25-24(31)20-12-23(21-13-29(5)27-16(21)3)26-22-10-8-7-9-18(20)22/h7-10,12-14H,11H2,1-6H3,(H,25,31)/t14-/m1/s1. The summed E-state index contributed by atoms with van der Waals surface area (Å²) in [4.78, 5) is 18.1. The summed E-state index contributed by atoms with van der Waals surface area (Å²) in [6.07, 6.45) is 2.67. The van der Waals surface area contributed by atoms with Crippen LogP contribution in [-0.2, 0) is 20.5 Å². The van der Waals surface area contributed by atoms with Crippen LogP contribution in [0.3, 0.4) is 0 Å². The molecule has 0 fully saturated rings. The smallest absolute Gasteiger partial charge is 0.252 e. The Kier molecular flexibility index (Phi) is 5.35.